The topological polar surface area (TPSA) is 20.2 Å². The first-order valence-electron chi connectivity index (χ1n) is 5.16. The van der Waals surface area contributed by atoms with Crippen LogP contribution in [0.1, 0.15) is 45.4 Å². The molecule has 1 saturated carbocycles. The number of rotatable bonds is 2. The van der Waals surface area contributed by atoms with Gasteiger partial charge in [0.25, 0.3) is 0 Å². The van der Waals surface area contributed by atoms with Crippen LogP contribution >= 0.6 is 0 Å². The summed E-state index contributed by atoms with van der Waals surface area (Å²) in [5.41, 5.74) is -1.06. The number of hydrogen-bond acceptors (Lipinski definition) is 1. The van der Waals surface area contributed by atoms with E-state index in [4.69, 9.17) is 0 Å². The van der Waals surface area contributed by atoms with Gasteiger partial charge in [0.05, 0.1) is 11.5 Å². The molecular formula is C10H17F3O. The van der Waals surface area contributed by atoms with Crippen LogP contribution in [0.15, 0.2) is 0 Å². The second-order valence-corrected chi connectivity index (χ2v) is 4.31. The van der Waals surface area contributed by atoms with Crippen LogP contribution in [0.2, 0.25) is 0 Å². The van der Waals surface area contributed by atoms with Gasteiger partial charge in [0.2, 0.25) is 0 Å². The molecule has 1 nitrogen and oxygen atoms in total. The van der Waals surface area contributed by atoms with Crippen LogP contribution in [0.4, 0.5) is 13.2 Å². The molecule has 2 atom stereocenters. The first kappa shape index (κ1) is 11.8. The molecule has 1 aliphatic carbocycles. The third-order valence-corrected chi connectivity index (χ3v) is 3.00. The molecule has 14 heavy (non-hydrogen) atoms. The summed E-state index contributed by atoms with van der Waals surface area (Å²) >= 11 is 0. The lowest BCUT2D eigenvalue weighted by atomic mass is 9.75. The van der Waals surface area contributed by atoms with E-state index in [-0.39, 0.29) is 12.8 Å². The van der Waals surface area contributed by atoms with Gasteiger partial charge in [-0.2, -0.15) is 13.2 Å². The Kier molecular flexibility index (Phi) is 3.45. The first-order chi connectivity index (χ1) is 6.37. The van der Waals surface area contributed by atoms with E-state index in [0.29, 0.717) is 19.3 Å². The zero-order valence-corrected chi connectivity index (χ0v) is 8.40. The monoisotopic (exact) mass is 210 g/mol. The Morgan fingerprint density at radius 2 is 2.07 bits per heavy atom. The van der Waals surface area contributed by atoms with Crippen molar-refractivity contribution in [1.82, 2.24) is 0 Å². The molecule has 1 rings (SSSR count). The summed E-state index contributed by atoms with van der Waals surface area (Å²) in [6.45, 7) is 1.88. The Labute approximate surface area is 82.3 Å². The standard InChI is InChI=1S/C10H17F3O/c1-2-5-9(14)6-3-4-8(7-9)10(11,12)13/h8,14H,2-7H2,1H3/t8?,9-/m1/s1. The molecule has 1 N–H and O–H groups in total. The Morgan fingerprint density at radius 1 is 1.43 bits per heavy atom. The zero-order valence-electron chi connectivity index (χ0n) is 8.40. The van der Waals surface area contributed by atoms with E-state index in [9.17, 15) is 18.3 Å². The maximum absolute atomic E-state index is 12.4. The highest BCUT2D eigenvalue weighted by Gasteiger charge is 2.46. The molecule has 0 amide bonds. The smallest absolute Gasteiger partial charge is 0.390 e. The molecule has 0 aromatic carbocycles. The largest absolute Gasteiger partial charge is 0.391 e. The lowest BCUT2D eigenvalue weighted by Gasteiger charge is -2.37. The summed E-state index contributed by atoms with van der Waals surface area (Å²) in [7, 11) is 0. The molecule has 0 aliphatic heterocycles. The van der Waals surface area contributed by atoms with Crippen molar-refractivity contribution < 1.29 is 18.3 Å². The Hall–Kier alpha value is -0.250. The minimum Gasteiger partial charge on any atom is -0.390 e. The van der Waals surface area contributed by atoms with Gasteiger partial charge >= 0.3 is 6.18 Å². The maximum atomic E-state index is 12.4. The summed E-state index contributed by atoms with van der Waals surface area (Å²) < 4.78 is 37.2. The van der Waals surface area contributed by atoms with E-state index in [1.807, 2.05) is 6.92 Å². The SMILES string of the molecule is CCC[C@@]1(O)CCCC(C(F)(F)F)C1. The quantitative estimate of drug-likeness (QED) is 0.741. The van der Waals surface area contributed by atoms with E-state index in [1.165, 1.54) is 0 Å². The van der Waals surface area contributed by atoms with Crippen LogP contribution in [-0.2, 0) is 0 Å². The van der Waals surface area contributed by atoms with Crippen LogP contribution in [-0.4, -0.2) is 16.9 Å². The summed E-state index contributed by atoms with van der Waals surface area (Å²) in [6, 6.07) is 0. The van der Waals surface area contributed by atoms with E-state index >= 15 is 0 Å². The van der Waals surface area contributed by atoms with E-state index in [1.54, 1.807) is 0 Å². The highest BCUT2D eigenvalue weighted by atomic mass is 19.4. The van der Waals surface area contributed by atoms with Crippen molar-refractivity contribution in [2.75, 3.05) is 0 Å². The van der Waals surface area contributed by atoms with Gasteiger partial charge in [0.15, 0.2) is 0 Å². The fourth-order valence-electron chi connectivity index (χ4n) is 2.31. The lowest BCUT2D eigenvalue weighted by Crippen LogP contribution is -2.40. The van der Waals surface area contributed by atoms with Crippen molar-refractivity contribution >= 4 is 0 Å². The molecule has 1 unspecified atom stereocenters. The number of hydrogen-bond donors (Lipinski definition) is 1. The van der Waals surface area contributed by atoms with Crippen molar-refractivity contribution in [3.63, 3.8) is 0 Å². The molecule has 0 spiro atoms. The van der Waals surface area contributed by atoms with E-state index < -0.39 is 17.7 Å². The molecule has 0 aromatic heterocycles. The van der Waals surface area contributed by atoms with Crippen molar-refractivity contribution in [2.24, 2.45) is 5.92 Å². The minimum atomic E-state index is -4.14. The minimum absolute atomic E-state index is 0.107. The van der Waals surface area contributed by atoms with E-state index in [2.05, 4.69) is 0 Å². The molecule has 0 radical (unpaired) electrons. The van der Waals surface area contributed by atoms with Gasteiger partial charge in [-0.1, -0.05) is 13.3 Å². The van der Waals surface area contributed by atoms with Gasteiger partial charge in [-0.3, -0.25) is 0 Å². The Balaban J connectivity index is 2.59. The highest BCUT2D eigenvalue weighted by molar-refractivity contribution is 4.88. The summed E-state index contributed by atoms with van der Waals surface area (Å²) in [6.07, 6.45) is -1.84. The number of halogens is 3. The lowest BCUT2D eigenvalue weighted by molar-refractivity contribution is -0.201. The summed E-state index contributed by atoms with van der Waals surface area (Å²) in [4.78, 5) is 0. The fraction of sp³-hybridized carbons (Fsp3) is 1.00. The van der Waals surface area contributed by atoms with Gasteiger partial charge in [-0.05, 0) is 32.1 Å². The second-order valence-electron chi connectivity index (χ2n) is 4.31. The van der Waals surface area contributed by atoms with Gasteiger partial charge in [0.1, 0.15) is 0 Å². The molecule has 0 saturated heterocycles. The van der Waals surface area contributed by atoms with Gasteiger partial charge in [-0.15, -0.1) is 0 Å². The van der Waals surface area contributed by atoms with Crippen molar-refractivity contribution in [3.8, 4) is 0 Å². The van der Waals surface area contributed by atoms with Crippen molar-refractivity contribution in [1.29, 1.82) is 0 Å². The Morgan fingerprint density at radius 3 is 2.57 bits per heavy atom. The molecule has 1 aliphatic rings. The molecule has 1 fully saturated rings. The van der Waals surface area contributed by atoms with Gasteiger partial charge < -0.3 is 5.11 Å². The van der Waals surface area contributed by atoms with Crippen LogP contribution in [0.5, 0.6) is 0 Å². The average Bonchev–Trinajstić information content (AvgIpc) is 2.02. The average molecular weight is 210 g/mol. The van der Waals surface area contributed by atoms with Crippen molar-refractivity contribution in [2.45, 2.75) is 57.2 Å². The first-order valence-corrected chi connectivity index (χ1v) is 5.16. The van der Waals surface area contributed by atoms with Gasteiger partial charge in [-0.25, -0.2) is 0 Å². The second kappa shape index (κ2) is 4.09. The number of aliphatic hydroxyl groups is 1. The maximum Gasteiger partial charge on any atom is 0.391 e. The Bertz CT molecular complexity index is 186. The predicted molar refractivity (Wildman–Crippen MR) is 47.9 cm³/mol. The third-order valence-electron chi connectivity index (χ3n) is 3.00. The summed E-state index contributed by atoms with van der Waals surface area (Å²) in [5.74, 6) is -1.30. The third kappa shape index (κ3) is 2.87. The number of alkyl halides is 3. The van der Waals surface area contributed by atoms with Crippen LogP contribution in [0.25, 0.3) is 0 Å². The van der Waals surface area contributed by atoms with Crippen LogP contribution in [0, 0.1) is 5.92 Å². The van der Waals surface area contributed by atoms with Gasteiger partial charge in [0, 0.05) is 0 Å². The van der Waals surface area contributed by atoms with Crippen LogP contribution < -0.4 is 0 Å². The normalized spacial score (nSPS) is 34.5. The highest BCUT2D eigenvalue weighted by Crippen LogP contribution is 2.43. The molecule has 0 aromatic rings. The van der Waals surface area contributed by atoms with Crippen LogP contribution in [0.3, 0.4) is 0 Å². The van der Waals surface area contributed by atoms with E-state index in [0.717, 1.165) is 6.42 Å². The molecule has 0 bridgehead atoms. The molecule has 0 heterocycles. The molecule has 84 valence electrons. The van der Waals surface area contributed by atoms with Crippen molar-refractivity contribution in [3.05, 3.63) is 0 Å². The fourth-order valence-corrected chi connectivity index (χ4v) is 2.31. The predicted octanol–water partition coefficient (Wildman–Crippen LogP) is 3.27. The summed E-state index contributed by atoms with van der Waals surface area (Å²) in [5, 5.41) is 9.91. The molecule has 4 heteroatoms. The molecular weight excluding hydrogens is 193 g/mol. The zero-order chi connectivity index (χ0) is 10.8.